The van der Waals surface area contributed by atoms with Gasteiger partial charge in [-0.2, -0.15) is 0 Å². The van der Waals surface area contributed by atoms with Gasteiger partial charge >= 0.3 is 0 Å². The van der Waals surface area contributed by atoms with Gasteiger partial charge in [-0.25, -0.2) is 15.0 Å². The molecule has 52 heavy (non-hydrogen) atoms. The van der Waals surface area contributed by atoms with Gasteiger partial charge in [0.15, 0.2) is 17.5 Å². The first-order valence-electron chi connectivity index (χ1n) is 17.8. The Morgan fingerprint density at radius 2 is 0.962 bits per heavy atom. The molecule has 0 aliphatic heterocycles. The molecule has 0 bridgehead atoms. The first kappa shape index (κ1) is 28.9. The smallest absolute Gasteiger partial charge is 0.164 e. The number of aromatic nitrogens is 5. The summed E-state index contributed by atoms with van der Waals surface area (Å²) in [6.07, 6.45) is 2.00. The zero-order chi connectivity index (χ0) is 34.2. The molecule has 5 nitrogen and oxygen atoms in total. The Morgan fingerprint density at radius 3 is 1.69 bits per heavy atom. The summed E-state index contributed by atoms with van der Waals surface area (Å²) >= 11 is 0. The molecular weight excluding hydrogens is 635 g/mol. The van der Waals surface area contributed by atoms with Gasteiger partial charge in [-0.3, -0.25) is 0 Å². The maximum atomic E-state index is 5.06. The first-order chi connectivity index (χ1) is 25.8. The van der Waals surface area contributed by atoms with Gasteiger partial charge in [0, 0.05) is 49.6 Å². The normalized spacial score (nSPS) is 12.5. The van der Waals surface area contributed by atoms with E-state index >= 15 is 0 Å². The molecule has 0 saturated heterocycles. The van der Waals surface area contributed by atoms with Crippen molar-refractivity contribution in [1.82, 2.24) is 24.1 Å². The number of fused-ring (bicyclic) bond motifs is 4. The Hall–Kier alpha value is -6.85. The van der Waals surface area contributed by atoms with Gasteiger partial charge in [0.05, 0.1) is 22.1 Å². The lowest BCUT2D eigenvalue weighted by Gasteiger charge is -2.17. The van der Waals surface area contributed by atoms with E-state index in [1.165, 1.54) is 60.4 Å². The standard InChI is InChI=1S/C47H31N5/c1-4-14-31(15-5-1)45-48-46(32-16-6-2-7-17-32)50-47(49-45)33-19-12-22-35(28-33)51-40-25-13-18-30-26-27-37-43(42(30)40)41(51)29-38-36-23-10-11-24-39(36)52(44(37)38)34-20-8-3-9-21-34/h1-25,28-29H,26-27H2. The van der Waals surface area contributed by atoms with Gasteiger partial charge in [0.1, 0.15) is 0 Å². The van der Waals surface area contributed by atoms with Crippen molar-refractivity contribution in [3.63, 3.8) is 0 Å². The van der Waals surface area contributed by atoms with Crippen LogP contribution < -0.4 is 0 Å². The van der Waals surface area contributed by atoms with Gasteiger partial charge in [0.25, 0.3) is 0 Å². The van der Waals surface area contributed by atoms with Crippen molar-refractivity contribution in [2.75, 3.05) is 0 Å². The number of rotatable bonds is 5. The van der Waals surface area contributed by atoms with Crippen LogP contribution >= 0.6 is 0 Å². The highest BCUT2D eigenvalue weighted by Crippen LogP contribution is 2.46. The maximum Gasteiger partial charge on any atom is 0.164 e. The second-order valence-electron chi connectivity index (χ2n) is 13.6. The Kier molecular flexibility index (Phi) is 6.31. The largest absolute Gasteiger partial charge is 0.309 e. The average Bonchev–Trinajstić information content (AvgIpc) is 3.74. The first-order valence-corrected chi connectivity index (χ1v) is 17.8. The number of hydrogen-bond donors (Lipinski definition) is 0. The van der Waals surface area contributed by atoms with Crippen molar-refractivity contribution in [3.8, 4) is 45.5 Å². The Morgan fingerprint density at radius 1 is 0.385 bits per heavy atom. The van der Waals surface area contributed by atoms with Crippen molar-refractivity contribution < 1.29 is 0 Å². The molecule has 0 radical (unpaired) electrons. The fourth-order valence-corrected chi connectivity index (χ4v) is 8.39. The molecule has 11 rings (SSSR count). The van der Waals surface area contributed by atoms with Crippen LogP contribution in [0.15, 0.2) is 164 Å². The SMILES string of the molecule is c1ccc(-c2nc(-c3ccccc3)nc(-c3cccc(-n4c5cccc6c5c5c(c7c(cc54)c4ccccc4n7-c4ccccc4)CC6)c3)n2)cc1. The molecule has 1 aliphatic carbocycles. The Labute approximate surface area is 300 Å². The van der Waals surface area contributed by atoms with Gasteiger partial charge in [-0.1, -0.05) is 121 Å². The van der Waals surface area contributed by atoms with Crippen LogP contribution in [0.5, 0.6) is 0 Å². The van der Waals surface area contributed by atoms with Gasteiger partial charge in [-0.15, -0.1) is 0 Å². The molecule has 7 aromatic carbocycles. The van der Waals surface area contributed by atoms with Crippen LogP contribution in [0.25, 0.3) is 89.2 Å². The molecule has 3 heterocycles. The number of aryl methyl sites for hydroxylation is 2. The summed E-state index contributed by atoms with van der Waals surface area (Å²) in [5.74, 6) is 1.96. The minimum atomic E-state index is 0.648. The van der Waals surface area contributed by atoms with E-state index in [2.05, 4.69) is 137 Å². The lowest BCUT2D eigenvalue weighted by atomic mass is 9.89. The highest BCUT2D eigenvalue weighted by atomic mass is 15.0. The molecular formula is C47H31N5. The topological polar surface area (TPSA) is 48.5 Å². The lowest BCUT2D eigenvalue weighted by Crippen LogP contribution is -2.03. The zero-order valence-corrected chi connectivity index (χ0v) is 28.2. The van der Waals surface area contributed by atoms with Crippen LogP contribution in [0.3, 0.4) is 0 Å². The van der Waals surface area contributed by atoms with E-state index in [4.69, 9.17) is 15.0 Å². The summed E-state index contributed by atoms with van der Waals surface area (Å²) in [5, 5.41) is 5.26. The summed E-state index contributed by atoms with van der Waals surface area (Å²) in [4.78, 5) is 15.0. The minimum absolute atomic E-state index is 0.648. The third kappa shape index (κ3) is 4.32. The monoisotopic (exact) mass is 665 g/mol. The van der Waals surface area contributed by atoms with Crippen LogP contribution in [-0.2, 0) is 12.8 Å². The van der Waals surface area contributed by atoms with E-state index in [9.17, 15) is 0 Å². The van der Waals surface area contributed by atoms with Crippen molar-refractivity contribution in [1.29, 1.82) is 0 Å². The molecule has 0 atom stereocenters. The Bertz CT molecular complexity index is 2940. The molecule has 0 saturated carbocycles. The van der Waals surface area contributed by atoms with Crippen LogP contribution in [0.2, 0.25) is 0 Å². The number of nitrogens with zero attached hydrogens (tertiary/aromatic N) is 5. The number of hydrogen-bond acceptors (Lipinski definition) is 3. The van der Waals surface area contributed by atoms with E-state index in [0.717, 1.165) is 35.2 Å². The number of para-hydroxylation sites is 2. The maximum absolute atomic E-state index is 5.06. The molecule has 0 spiro atoms. The fourth-order valence-electron chi connectivity index (χ4n) is 8.39. The predicted octanol–water partition coefficient (Wildman–Crippen LogP) is 11.2. The van der Waals surface area contributed by atoms with Gasteiger partial charge in [0.2, 0.25) is 0 Å². The molecule has 0 amide bonds. The van der Waals surface area contributed by atoms with E-state index in [1.807, 2.05) is 36.4 Å². The fraction of sp³-hybridized carbons (Fsp3) is 0.0426. The molecule has 244 valence electrons. The third-order valence-corrected chi connectivity index (χ3v) is 10.6. The molecule has 1 aliphatic rings. The summed E-state index contributed by atoms with van der Waals surface area (Å²) in [7, 11) is 0. The number of benzene rings is 7. The molecule has 10 aromatic rings. The second kappa shape index (κ2) is 11.3. The average molecular weight is 666 g/mol. The van der Waals surface area contributed by atoms with E-state index in [0.29, 0.717) is 17.5 Å². The van der Waals surface area contributed by atoms with E-state index < -0.39 is 0 Å². The molecule has 0 unspecified atom stereocenters. The third-order valence-electron chi connectivity index (χ3n) is 10.6. The Balaban J connectivity index is 1.18. The van der Waals surface area contributed by atoms with E-state index in [1.54, 1.807) is 0 Å². The predicted molar refractivity (Wildman–Crippen MR) is 212 cm³/mol. The molecule has 5 heteroatoms. The highest BCUT2D eigenvalue weighted by molar-refractivity contribution is 6.22. The summed E-state index contributed by atoms with van der Waals surface area (Å²) in [5.41, 5.74) is 12.9. The van der Waals surface area contributed by atoms with Crippen LogP contribution in [0.1, 0.15) is 11.1 Å². The minimum Gasteiger partial charge on any atom is -0.309 e. The quantitative estimate of drug-likeness (QED) is 0.184. The van der Waals surface area contributed by atoms with Gasteiger partial charge < -0.3 is 9.13 Å². The summed E-state index contributed by atoms with van der Waals surface area (Å²) < 4.78 is 4.94. The van der Waals surface area contributed by atoms with Crippen LogP contribution in [-0.4, -0.2) is 24.1 Å². The zero-order valence-electron chi connectivity index (χ0n) is 28.2. The summed E-state index contributed by atoms with van der Waals surface area (Å²) in [6, 6.07) is 57.9. The van der Waals surface area contributed by atoms with Crippen LogP contribution in [0, 0.1) is 0 Å². The van der Waals surface area contributed by atoms with Crippen LogP contribution in [0.4, 0.5) is 0 Å². The molecule has 0 N–H and O–H groups in total. The molecule has 0 fully saturated rings. The second-order valence-corrected chi connectivity index (χ2v) is 13.6. The van der Waals surface area contributed by atoms with Gasteiger partial charge in [-0.05, 0) is 66.4 Å². The summed E-state index contributed by atoms with van der Waals surface area (Å²) in [6.45, 7) is 0. The molecule has 3 aromatic heterocycles. The lowest BCUT2D eigenvalue weighted by molar-refractivity contribution is 0.969. The van der Waals surface area contributed by atoms with Crippen molar-refractivity contribution in [3.05, 3.63) is 175 Å². The van der Waals surface area contributed by atoms with E-state index in [-0.39, 0.29) is 0 Å². The van der Waals surface area contributed by atoms with Crippen molar-refractivity contribution >= 4 is 43.6 Å². The van der Waals surface area contributed by atoms with Crippen molar-refractivity contribution in [2.24, 2.45) is 0 Å². The highest BCUT2D eigenvalue weighted by Gasteiger charge is 2.27. The van der Waals surface area contributed by atoms with Crippen molar-refractivity contribution in [2.45, 2.75) is 12.8 Å².